The lowest BCUT2D eigenvalue weighted by Gasteiger charge is -2.13. The number of esters is 2. The molecule has 3 aromatic rings. The summed E-state index contributed by atoms with van der Waals surface area (Å²) < 4.78 is 28.1. The molecule has 30 heavy (non-hydrogen) atoms. The van der Waals surface area contributed by atoms with E-state index in [4.69, 9.17) is 9.47 Å². The Morgan fingerprint density at radius 1 is 1.03 bits per heavy atom. The van der Waals surface area contributed by atoms with Gasteiger partial charge in [-0.2, -0.15) is 0 Å². The predicted octanol–water partition coefficient (Wildman–Crippen LogP) is 3.95. The molecule has 2 aromatic carbocycles. The van der Waals surface area contributed by atoms with Crippen molar-refractivity contribution in [2.75, 3.05) is 21.3 Å². The van der Waals surface area contributed by atoms with Gasteiger partial charge in [-0.25, -0.2) is 14.0 Å². The highest BCUT2D eigenvalue weighted by Crippen LogP contribution is 2.33. The molecule has 0 aliphatic carbocycles. The van der Waals surface area contributed by atoms with E-state index in [2.05, 4.69) is 9.72 Å². The van der Waals surface area contributed by atoms with Gasteiger partial charge >= 0.3 is 11.9 Å². The highest BCUT2D eigenvalue weighted by molar-refractivity contribution is 6.04. The summed E-state index contributed by atoms with van der Waals surface area (Å²) in [5, 5.41) is 0.680. The Bertz CT molecular complexity index is 1120. The van der Waals surface area contributed by atoms with Gasteiger partial charge in [-0.3, -0.25) is 4.98 Å². The Morgan fingerprint density at radius 3 is 2.40 bits per heavy atom. The zero-order valence-corrected chi connectivity index (χ0v) is 16.8. The van der Waals surface area contributed by atoms with Crippen molar-refractivity contribution in [3.05, 3.63) is 76.7 Å². The Labute approximate surface area is 172 Å². The molecule has 154 valence electrons. The van der Waals surface area contributed by atoms with E-state index in [0.29, 0.717) is 22.9 Å². The van der Waals surface area contributed by atoms with Crippen LogP contribution in [0.3, 0.4) is 0 Å². The largest absolute Gasteiger partial charge is 0.494 e. The zero-order valence-electron chi connectivity index (χ0n) is 16.8. The topological polar surface area (TPSA) is 74.7 Å². The molecule has 0 N–H and O–H groups in total. The fourth-order valence-corrected chi connectivity index (χ4v) is 3.10. The summed E-state index contributed by atoms with van der Waals surface area (Å²) >= 11 is 0. The smallest absolute Gasteiger partial charge is 0.341 e. The molecule has 0 amide bonds. The molecule has 0 bridgehead atoms. The second-order valence-corrected chi connectivity index (χ2v) is 6.44. The third-order valence-electron chi connectivity index (χ3n) is 4.55. The number of carbonyl (C=O) groups is 2. The fourth-order valence-electron chi connectivity index (χ4n) is 3.10. The van der Waals surface area contributed by atoms with E-state index < -0.39 is 11.9 Å². The van der Waals surface area contributed by atoms with Crippen LogP contribution in [-0.4, -0.2) is 38.3 Å². The minimum atomic E-state index is -0.585. The summed E-state index contributed by atoms with van der Waals surface area (Å²) in [5.41, 5.74) is 3.01. The van der Waals surface area contributed by atoms with Crippen molar-refractivity contribution in [1.82, 2.24) is 4.98 Å². The molecule has 0 aliphatic rings. The van der Waals surface area contributed by atoms with E-state index in [9.17, 15) is 14.0 Å². The second kappa shape index (κ2) is 9.17. The van der Waals surface area contributed by atoms with Crippen molar-refractivity contribution >= 4 is 28.9 Å². The number of pyridine rings is 1. The van der Waals surface area contributed by atoms with E-state index in [1.165, 1.54) is 39.5 Å². The third kappa shape index (κ3) is 4.46. The van der Waals surface area contributed by atoms with Crippen molar-refractivity contribution in [3.8, 4) is 5.75 Å². The van der Waals surface area contributed by atoms with Crippen LogP contribution in [0.15, 0.2) is 48.7 Å². The van der Waals surface area contributed by atoms with Crippen LogP contribution in [0.25, 0.3) is 17.0 Å². The molecule has 1 aromatic heterocycles. The SMILES string of the molecule is COC(=O)C=Cc1cc(C(=O)OC)c(OC)c2ncc(Cc3ccc(F)cc3)cc12. The Morgan fingerprint density at radius 2 is 1.77 bits per heavy atom. The molecule has 0 fully saturated rings. The minimum absolute atomic E-state index is 0.191. The van der Waals surface area contributed by atoms with Crippen molar-refractivity contribution in [2.24, 2.45) is 0 Å². The molecule has 0 aliphatic heterocycles. The molecule has 7 heteroatoms. The number of halogens is 1. The van der Waals surface area contributed by atoms with Crippen molar-refractivity contribution in [1.29, 1.82) is 0 Å². The first-order valence-corrected chi connectivity index (χ1v) is 9.05. The standard InChI is InChI=1S/C23H20FNO5/c1-28-20(26)9-6-16-12-19(23(27)30-3)22(29-2)21-18(16)11-15(13-25-21)10-14-4-7-17(24)8-5-14/h4-9,11-13H,10H2,1-3H3. The maximum Gasteiger partial charge on any atom is 0.341 e. The third-order valence-corrected chi connectivity index (χ3v) is 4.55. The molecule has 0 spiro atoms. The Balaban J connectivity index is 2.16. The van der Waals surface area contributed by atoms with Crippen molar-refractivity contribution in [2.45, 2.75) is 6.42 Å². The number of benzene rings is 2. The number of hydrogen-bond acceptors (Lipinski definition) is 6. The fraction of sp³-hybridized carbons (Fsp3) is 0.174. The maximum atomic E-state index is 13.2. The van der Waals surface area contributed by atoms with Crippen LogP contribution in [0.4, 0.5) is 4.39 Å². The van der Waals surface area contributed by atoms with Gasteiger partial charge in [0.25, 0.3) is 0 Å². The Hall–Kier alpha value is -3.74. The lowest BCUT2D eigenvalue weighted by molar-refractivity contribution is -0.134. The van der Waals surface area contributed by atoms with E-state index in [1.807, 2.05) is 6.07 Å². The minimum Gasteiger partial charge on any atom is -0.494 e. The number of rotatable bonds is 6. The molecule has 0 radical (unpaired) electrons. The van der Waals surface area contributed by atoms with Crippen molar-refractivity contribution in [3.63, 3.8) is 0 Å². The summed E-state index contributed by atoms with van der Waals surface area (Å²) in [6, 6.07) is 9.69. The van der Waals surface area contributed by atoms with Crippen LogP contribution in [0, 0.1) is 5.82 Å². The first kappa shape index (κ1) is 21.0. The molecule has 0 saturated carbocycles. The molecular weight excluding hydrogens is 389 g/mol. The number of fused-ring (bicyclic) bond motifs is 1. The summed E-state index contributed by atoms with van der Waals surface area (Å²) in [5.74, 6) is -1.14. The van der Waals surface area contributed by atoms with Crippen LogP contribution in [0.1, 0.15) is 27.0 Å². The number of nitrogens with zero attached hydrogens (tertiary/aromatic N) is 1. The maximum absolute atomic E-state index is 13.2. The predicted molar refractivity (Wildman–Crippen MR) is 110 cm³/mol. The summed E-state index contributed by atoms with van der Waals surface area (Å²) in [6.45, 7) is 0. The van der Waals surface area contributed by atoms with Crippen LogP contribution in [-0.2, 0) is 20.7 Å². The van der Waals surface area contributed by atoms with Crippen LogP contribution < -0.4 is 4.74 Å². The highest BCUT2D eigenvalue weighted by Gasteiger charge is 2.20. The van der Waals surface area contributed by atoms with Gasteiger partial charge in [-0.1, -0.05) is 12.1 Å². The van der Waals surface area contributed by atoms with Crippen LogP contribution in [0.5, 0.6) is 5.75 Å². The molecular formula is C23H20FNO5. The van der Waals surface area contributed by atoms with Gasteiger partial charge in [0.15, 0.2) is 5.75 Å². The van der Waals surface area contributed by atoms with E-state index >= 15 is 0 Å². The highest BCUT2D eigenvalue weighted by atomic mass is 19.1. The van der Waals surface area contributed by atoms with Crippen LogP contribution in [0.2, 0.25) is 0 Å². The van der Waals surface area contributed by atoms with Gasteiger partial charge < -0.3 is 14.2 Å². The number of ether oxygens (including phenoxy) is 3. The van der Waals surface area contributed by atoms with Gasteiger partial charge in [0.05, 0.1) is 21.3 Å². The first-order valence-electron chi connectivity index (χ1n) is 9.05. The molecule has 0 saturated heterocycles. The van der Waals surface area contributed by atoms with E-state index in [1.54, 1.807) is 30.5 Å². The van der Waals surface area contributed by atoms with E-state index in [-0.39, 0.29) is 17.1 Å². The average molecular weight is 409 g/mol. The van der Waals surface area contributed by atoms with E-state index in [0.717, 1.165) is 11.1 Å². The number of methoxy groups -OCH3 is 3. The first-order chi connectivity index (χ1) is 14.5. The van der Waals surface area contributed by atoms with Gasteiger partial charge in [0.2, 0.25) is 0 Å². The summed E-state index contributed by atoms with van der Waals surface area (Å²) in [6.07, 6.45) is 5.01. The number of aromatic nitrogens is 1. The lowest BCUT2D eigenvalue weighted by Crippen LogP contribution is -2.06. The number of carbonyl (C=O) groups excluding carboxylic acids is 2. The second-order valence-electron chi connectivity index (χ2n) is 6.44. The summed E-state index contributed by atoms with van der Waals surface area (Å²) in [4.78, 5) is 28.3. The normalized spacial score (nSPS) is 10.9. The molecule has 0 atom stereocenters. The zero-order chi connectivity index (χ0) is 21.7. The number of hydrogen-bond donors (Lipinski definition) is 0. The molecule has 1 heterocycles. The van der Waals surface area contributed by atoms with Gasteiger partial charge in [-0.15, -0.1) is 0 Å². The van der Waals surface area contributed by atoms with Gasteiger partial charge in [0.1, 0.15) is 16.9 Å². The monoisotopic (exact) mass is 409 g/mol. The molecule has 0 unspecified atom stereocenters. The quantitative estimate of drug-likeness (QED) is 0.453. The van der Waals surface area contributed by atoms with Crippen LogP contribution >= 0.6 is 0 Å². The summed E-state index contributed by atoms with van der Waals surface area (Å²) in [7, 11) is 4.00. The Kier molecular flexibility index (Phi) is 6.41. The lowest BCUT2D eigenvalue weighted by atomic mass is 9.99. The van der Waals surface area contributed by atoms with Gasteiger partial charge in [0, 0.05) is 17.7 Å². The average Bonchev–Trinajstić information content (AvgIpc) is 2.77. The molecule has 3 rings (SSSR count). The van der Waals surface area contributed by atoms with Gasteiger partial charge in [-0.05, 0) is 53.5 Å². The van der Waals surface area contributed by atoms with Crippen molar-refractivity contribution < 1.29 is 28.2 Å². The molecule has 6 nitrogen and oxygen atoms in total.